The number of aromatic nitrogens is 1. The number of anilines is 1. The maximum atomic E-state index is 10.7. The monoisotopic (exact) mass is 174 g/mol. The lowest BCUT2D eigenvalue weighted by atomic mass is 10.2. The van der Waals surface area contributed by atoms with E-state index in [1.54, 1.807) is 4.57 Å². The minimum absolute atomic E-state index is 0.543. The molecule has 0 atom stereocenters. The van der Waals surface area contributed by atoms with Crippen LogP contribution in [0.25, 0.3) is 10.9 Å². The van der Waals surface area contributed by atoms with Gasteiger partial charge in [-0.1, -0.05) is 18.2 Å². The first kappa shape index (κ1) is 7.86. The number of hydrogen-bond acceptors (Lipinski definition) is 2. The van der Waals surface area contributed by atoms with E-state index in [1.807, 2.05) is 31.3 Å². The number of aryl methyl sites for hydroxylation is 1. The summed E-state index contributed by atoms with van der Waals surface area (Å²) in [5.74, 6) is 0. The zero-order chi connectivity index (χ0) is 9.42. The van der Waals surface area contributed by atoms with Crippen LogP contribution in [0, 0.1) is 0 Å². The second kappa shape index (κ2) is 2.62. The maximum absolute atomic E-state index is 10.7. The third-order valence-corrected chi connectivity index (χ3v) is 2.30. The summed E-state index contributed by atoms with van der Waals surface area (Å²) in [6.07, 6.45) is 0.787. The van der Waals surface area contributed by atoms with E-state index < -0.39 is 0 Å². The molecule has 0 aliphatic rings. The minimum Gasteiger partial charge on any atom is -0.396 e. The topological polar surface area (TPSA) is 48.0 Å². The lowest BCUT2D eigenvalue weighted by Crippen LogP contribution is -1.96. The van der Waals surface area contributed by atoms with Crippen molar-refractivity contribution in [2.45, 2.75) is 0 Å². The van der Waals surface area contributed by atoms with Crippen molar-refractivity contribution >= 4 is 22.9 Å². The fraction of sp³-hybridized carbons (Fsp3) is 0.100. The van der Waals surface area contributed by atoms with Crippen molar-refractivity contribution in [3.05, 3.63) is 30.0 Å². The molecular formula is C10H10N2O. The average molecular weight is 174 g/mol. The van der Waals surface area contributed by atoms with Crippen LogP contribution in [0.1, 0.15) is 10.5 Å². The van der Waals surface area contributed by atoms with Crippen LogP contribution in [-0.2, 0) is 7.05 Å². The molecule has 0 spiro atoms. The van der Waals surface area contributed by atoms with Gasteiger partial charge in [-0.3, -0.25) is 4.79 Å². The molecule has 66 valence electrons. The van der Waals surface area contributed by atoms with Crippen molar-refractivity contribution in [1.82, 2.24) is 4.57 Å². The van der Waals surface area contributed by atoms with Gasteiger partial charge in [0.05, 0.1) is 11.2 Å². The van der Waals surface area contributed by atoms with Crippen LogP contribution in [0.15, 0.2) is 24.3 Å². The van der Waals surface area contributed by atoms with Crippen molar-refractivity contribution in [1.29, 1.82) is 0 Å². The van der Waals surface area contributed by atoms with E-state index in [2.05, 4.69) is 0 Å². The number of nitrogens with two attached hydrogens (primary N) is 1. The number of rotatable bonds is 1. The number of carbonyl (C=O) groups is 1. The zero-order valence-corrected chi connectivity index (χ0v) is 7.32. The quantitative estimate of drug-likeness (QED) is 0.667. The normalized spacial score (nSPS) is 10.5. The van der Waals surface area contributed by atoms with Crippen LogP contribution in [0.3, 0.4) is 0 Å². The Labute approximate surface area is 75.8 Å². The van der Waals surface area contributed by atoms with Crippen LogP contribution in [-0.4, -0.2) is 10.9 Å². The molecule has 3 heteroatoms. The summed E-state index contributed by atoms with van der Waals surface area (Å²) in [7, 11) is 1.84. The Kier molecular flexibility index (Phi) is 1.59. The Hall–Kier alpha value is -1.77. The SMILES string of the molecule is Cn1c(C=O)c(N)c2ccccc21. The summed E-state index contributed by atoms with van der Waals surface area (Å²) in [6.45, 7) is 0. The van der Waals surface area contributed by atoms with Crippen molar-refractivity contribution in [3.63, 3.8) is 0 Å². The van der Waals surface area contributed by atoms with Gasteiger partial charge in [0.25, 0.3) is 0 Å². The van der Waals surface area contributed by atoms with E-state index in [0.717, 1.165) is 17.2 Å². The number of nitrogens with zero attached hydrogens (tertiary/aromatic N) is 1. The van der Waals surface area contributed by atoms with Gasteiger partial charge in [0.15, 0.2) is 6.29 Å². The minimum atomic E-state index is 0.543. The highest BCUT2D eigenvalue weighted by Crippen LogP contribution is 2.25. The summed E-state index contributed by atoms with van der Waals surface area (Å²) in [5.41, 5.74) is 7.89. The van der Waals surface area contributed by atoms with Crippen LogP contribution in [0.5, 0.6) is 0 Å². The van der Waals surface area contributed by atoms with E-state index in [-0.39, 0.29) is 0 Å². The number of carbonyl (C=O) groups excluding carboxylic acids is 1. The average Bonchev–Trinajstić information content (AvgIpc) is 2.41. The molecule has 0 radical (unpaired) electrons. The second-order valence-electron chi connectivity index (χ2n) is 2.99. The number of hydrogen-bond donors (Lipinski definition) is 1. The van der Waals surface area contributed by atoms with Gasteiger partial charge in [-0.2, -0.15) is 0 Å². The van der Waals surface area contributed by atoms with Crippen molar-refractivity contribution < 1.29 is 4.79 Å². The molecule has 0 saturated carbocycles. The molecule has 0 amide bonds. The van der Waals surface area contributed by atoms with E-state index in [0.29, 0.717) is 11.4 Å². The molecule has 1 aromatic carbocycles. The predicted octanol–water partition coefficient (Wildman–Crippen LogP) is 1.57. The molecule has 0 aliphatic carbocycles. The Morgan fingerprint density at radius 2 is 2.08 bits per heavy atom. The van der Waals surface area contributed by atoms with E-state index >= 15 is 0 Å². The fourth-order valence-corrected chi connectivity index (χ4v) is 1.58. The molecular weight excluding hydrogens is 164 g/mol. The molecule has 1 heterocycles. The predicted molar refractivity (Wildman–Crippen MR) is 52.7 cm³/mol. The summed E-state index contributed by atoms with van der Waals surface area (Å²) in [5, 5.41) is 0.937. The molecule has 0 fully saturated rings. The number of nitrogen functional groups attached to an aromatic ring is 1. The maximum Gasteiger partial charge on any atom is 0.168 e. The Bertz CT molecular complexity index is 432. The Morgan fingerprint density at radius 3 is 2.69 bits per heavy atom. The molecule has 0 bridgehead atoms. The van der Waals surface area contributed by atoms with E-state index in [4.69, 9.17) is 5.73 Å². The molecule has 13 heavy (non-hydrogen) atoms. The van der Waals surface area contributed by atoms with Crippen LogP contribution >= 0.6 is 0 Å². The number of aldehydes is 1. The van der Waals surface area contributed by atoms with Crippen molar-refractivity contribution in [2.75, 3.05) is 5.73 Å². The lowest BCUT2D eigenvalue weighted by Gasteiger charge is -1.95. The van der Waals surface area contributed by atoms with Crippen LogP contribution in [0.4, 0.5) is 5.69 Å². The third kappa shape index (κ3) is 0.935. The molecule has 3 nitrogen and oxygen atoms in total. The highest BCUT2D eigenvalue weighted by atomic mass is 16.1. The molecule has 0 saturated heterocycles. The molecule has 2 N–H and O–H groups in total. The number of benzene rings is 1. The smallest absolute Gasteiger partial charge is 0.168 e. The highest BCUT2D eigenvalue weighted by molar-refractivity contribution is 6.01. The summed E-state index contributed by atoms with van der Waals surface area (Å²) >= 11 is 0. The van der Waals surface area contributed by atoms with E-state index in [9.17, 15) is 4.79 Å². The molecule has 1 aromatic heterocycles. The van der Waals surface area contributed by atoms with Gasteiger partial charge < -0.3 is 10.3 Å². The number of para-hydroxylation sites is 1. The Balaban J connectivity index is 2.96. The number of fused-ring (bicyclic) bond motifs is 1. The lowest BCUT2D eigenvalue weighted by molar-refractivity contribution is 0.111. The summed E-state index contributed by atoms with van der Waals surface area (Å²) < 4.78 is 1.80. The van der Waals surface area contributed by atoms with Crippen LogP contribution in [0.2, 0.25) is 0 Å². The van der Waals surface area contributed by atoms with Gasteiger partial charge in [0, 0.05) is 12.4 Å². The largest absolute Gasteiger partial charge is 0.396 e. The molecule has 0 aliphatic heterocycles. The van der Waals surface area contributed by atoms with Gasteiger partial charge in [0.1, 0.15) is 5.69 Å². The van der Waals surface area contributed by atoms with Gasteiger partial charge >= 0.3 is 0 Å². The summed E-state index contributed by atoms with van der Waals surface area (Å²) in [4.78, 5) is 10.7. The van der Waals surface area contributed by atoms with Gasteiger partial charge in [-0.25, -0.2) is 0 Å². The zero-order valence-electron chi connectivity index (χ0n) is 7.32. The third-order valence-electron chi connectivity index (χ3n) is 2.30. The van der Waals surface area contributed by atoms with Gasteiger partial charge in [-0.05, 0) is 6.07 Å². The molecule has 2 aromatic rings. The first-order valence-corrected chi connectivity index (χ1v) is 4.03. The van der Waals surface area contributed by atoms with Gasteiger partial charge in [0.2, 0.25) is 0 Å². The van der Waals surface area contributed by atoms with Crippen molar-refractivity contribution in [2.24, 2.45) is 7.05 Å². The fourth-order valence-electron chi connectivity index (χ4n) is 1.58. The standard InChI is InChI=1S/C10H10N2O/c1-12-8-5-3-2-4-7(8)10(11)9(12)6-13/h2-6H,11H2,1H3. The van der Waals surface area contributed by atoms with Crippen molar-refractivity contribution in [3.8, 4) is 0 Å². The second-order valence-corrected chi connectivity index (χ2v) is 2.99. The highest BCUT2D eigenvalue weighted by Gasteiger charge is 2.09. The molecule has 2 rings (SSSR count). The first-order chi connectivity index (χ1) is 6.25. The summed E-state index contributed by atoms with van der Waals surface area (Å²) in [6, 6.07) is 7.69. The molecule has 0 unspecified atom stereocenters. The Morgan fingerprint density at radius 1 is 1.38 bits per heavy atom. The first-order valence-electron chi connectivity index (χ1n) is 4.03. The van der Waals surface area contributed by atoms with Gasteiger partial charge in [-0.15, -0.1) is 0 Å². The van der Waals surface area contributed by atoms with E-state index in [1.165, 1.54) is 0 Å². The van der Waals surface area contributed by atoms with Crippen LogP contribution < -0.4 is 5.73 Å².